The molecule has 0 N–H and O–H groups in total. The summed E-state index contributed by atoms with van der Waals surface area (Å²) in [4.78, 5) is 36.9. The maximum Gasteiger partial charge on any atom is 0.417 e. The normalized spacial score (nSPS) is 11.7. The number of alkyl halides is 3. The molecule has 2 heterocycles. The predicted molar refractivity (Wildman–Crippen MR) is 154 cm³/mol. The number of aromatic nitrogens is 1. The van der Waals surface area contributed by atoms with Crippen LogP contribution in [0.15, 0.2) is 50.5 Å². The summed E-state index contributed by atoms with van der Waals surface area (Å²) in [6, 6.07) is 6.96. The van der Waals surface area contributed by atoms with Gasteiger partial charge >= 0.3 is 17.8 Å². The lowest BCUT2D eigenvalue weighted by Crippen LogP contribution is -2.21. The first kappa shape index (κ1) is 32.2. The lowest BCUT2D eigenvalue weighted by molar-refractivity contribution is -0.143. The van der Waals surface area contributed by atoms with E-state index >= 15 is 0 Å². The molecule has 9 heteroatoms. The van der Waals surface area contributed by atoms with Crippen LogP contribution in [0.2, 0.25) is 0 Å². The van der Waals surface area contributed by atoms with Gasteiger partial charge in [0.05, 0.1) is 17.7 Å². The molecule has 0 unspecified atom stereocenters. The minimum Gasteiger partial charge on any atom is -0.466 e. The van der Waals surface area contributed by atoms with Crippen LogP contribution in [0.1, 0.15) is 95.6 Å². The van der Waals surface area contributed by atoms with Crippen LogP contribution in [0, 0.1) is 0 Å². The Bertz CT molecular complexity index is 1410. The van der Waals surface area contributed by atoms with E-state index in [1.165, 1.54) is 16.7 Å². The van der Waals surface area contributed by atoms with Crippen molar-refractivity contribution >= 4 is 16.9 Å². The first-order chi connectivity index (χ1) is 19.7. The van der Waals surface area contributed by atoms with Gasteiger partial charge in [0.15, 0.2) is 0 Å². The molecule has 41 heavy (non-hydrogen) atoms. The van der Waals surface area contributed by atoms with Crippen molar-refractivity contribution in [1.29, 1.82) is 0 Å². The molecule has 0 saturated carbocycles. The lowest BCUT2D eigenvalue weighted by Gasteiger charge is -2.15. The Morgan fingerprint density at radius 1 is 0.878 bits per heavy atom. The van der Waals surface area contributed by atoms with Crippen molar-refractivity contribution in [3.8, 4) is 11.1 Å². The summed E-state index contributed by atoms with van der Waals surface area (Å²) in [5.74, 6) is -0.174. The first-order valence-corrected chi connectivity index (χ1v) is 14.7. The van der Waals surface area contributed by atoms with Crippen molar-refractivity contribution in [3.05, 3.63) is 68.4 Å². The molecule has 3 aromatic rings. The highest BCUT2D eigenvalue weighted by molar-refractivity contribution is 5.82. The molecule has 1 aromatic carbocycles. The molecular weight excluding hydrogens is 535 g/mol. The largest absolute Gasteiger partial charge is 0.466 e. The number of esters is 1. The van der Waals surface area contributed by atoms with Crippen LogP contribution >= 0.6 is 0 Å². The van der Waals surface area contributed by atoms with E-state index in [4.69, 9.17) is 9.15 Å². The number of benzene rings is 1. The molecule has 224 valence electrons. The summed E-state index contributed by atoms with van der Waals surface area (Å²) in [6.07, 6.45) is 7.18. The first-order valence-electron chi connectivity index (χ1n) is 14.7. The molecular formula is C32H40F3NO5. The number of rotatable bonds is 16. The van der Waals surface area contributed by atoms with E-state index in [2.05, 4.69) is 0 Å². The highest BCUT2D eigenvalue weighted by Gasteiger charge is 2.35. The molecule has 0 saturated heterocycles. The lowest BCUT2D eigenvalue weighted by atomic mass is 9.95. The Labute approximate surface area is 238 Å². The number of hydrogen-bond donors (Lipinski definition) is 0. The number of nitrogens with zero attached hydrogens (tertiary/aromatic N) is 1. The topological polar surface area (TPSA) is 78.5 Å². The van der Waals surface area contributed by atoms with Gasteiger partial charge in [0.2, 0.25) is 5.58 Å². The van der Waals surface area contributed by atoms with E-state index in [0.29, 0.717) is 31.6 Å². The van der Waals surface area contributed by atoms with Crippen LogP contribution in [-0.4, -0.2) is 17.1 Å². The molecule has 6 nitrogen and oxygen atoms in total. The van der Waals surface area contributed by atoms with Crippen LogP contribution < -0.4 is 11.2 Å². The highest BCUT2D eigenvalue weighted by atomic mass is 19.4. The second-order valence-corrected chi connectivity index (χ2v) is 10.4. The molecule has 0 atom stereocenters. The van der Waals surface area contributed by atoms with Crippen LogP contribution in [0.4, 0.5) is 13.2 Å². The van der Waals surface area contributed by atoms with Crippen molar-refractivity contribution in [3.63, 3.8) is 0 Å². The molecule has 0 aliphatic heterocycles. The minimum absolute atomic E-state index is 0.158. The fourth-order valence-electron chi connectivity index (χ4n) is 4.86. The second kappa shape index (κ2) is 15.6. The van der Waals surface area contributed by atoms with Gasteiger partial charge < -0.3 is 13.7 Å². The molecule has 0 aliphatic carbocycles. The average Bonchev–Trinajstić information content (AvgIpc) is 2.94. The smallest absolute Gasteiger partial charge is 0.417 e. The fraction of sp³-hybridized carbons (Fsp3) is 0.531. The van der Waals surface area contributed by atoms with Crippen molar-refractivity contribution in [1.82, 2.24) is 4.57 Å². The van der Waals surface area contributed by atoms with Crippen LogP contribution in [0.5, 0.6) is 0 Å². The Hall–Kier alpha value is -3.36. The van der Waals surface area contributed by atoms with E-state index < -0.39 is 22.9 Å². The molecule has 0 bridgehead atoms. The Balaban J connectivity index is 1.65. The minimum atomic E-state index is -4.65. The fourth-order valence-corrected chi connectivity index (χ4v) is 4.86. The number of pyridine rings is 1. The zero-order valence-corrected chi connectivity index (χ0v) is 24.0. The summed E-state index contributed by atoms with van der Waals surface area (Å²) in [7, 11) is 0. The zero-order chi connectivity index (χ0) is 29.8. The maximum absolute atomic E-state index is 14.0. The molecule has 2 aromatic heterocycles. The Kier molecular flexibility index (Phi) is 12.2. The van der Waals surface area contributed by atoms with Crippen molar-refractivity contribution in [2.45, 2.75) is 104 Å². The summed E-state index contributed by atoms with van der Waals surface area (Å²) < 4.78 is 53.8. The highest BCUT2D eigenvalue weighted by Crippen LogP contribution is 2.37. The third-order valence-corrected chi connectivity index (χ3v) is 7.21. The maximum atomic E-state index is 14.0. The van der Waals surface area contributed by atoms with Crippen molar-refractivity contribution in [2.75, 3.05) is 6.61 Å². The molecule has 0 fully saturated rings. The van der Waals surface area contributed by atoms with Crippen LogP contribution in [-0.2, 0) is 28.7 Å². The van der Waals surface area contributed by atoms with Crippen LogP contribution in [0.25, 0.3) is 22.1 Å². The van der Waals surface area contributed by atoms with Crippen molar-refractivity contribution < 1.29 is 27.1 Å². The average molecular weight is 576 g/mol. The number of fused-ring (bicyclic) bond motifs is 1. The van der Waals surface area contributed by atoms with Gasteiger partial charge in [-0.25, -0.2) is 4.79 Å². The second-order valence-electron chi connectivity index (χ2n) is 10.4. The van der Waals surface area contributed by atoms with E-state index in [1.54, 1.807) is 25.3 Å². The van der Waals surface area contributed by atoms with E-state index in [1.807, 2.05) is 6.92 Å². The van der Waals surface area contributed by atoms with Gasteiger partial charge in [-0.3, -0.25) is 9.59 Å². The monoisotopic (exact) mass is 575 g/mol. The molecule has 3 rings (SSSR count). The number of halogens is 3. The number of ether oxygens (including phenoxy) is 1. The van der Waals surface area contributed by atoms with E-state index in [0.717, 1.165) is 70.3 Å². The SMILES string of the molecule is CCCCCc1ccc(-c2cc3ccn(CCCCCCCCCOC(=O)CC)c(=O)c3oc2=O)c(C(F)(F)F)c1. The van der Waals surface area contributed by atoms with Gasteiger partial charge in [-0.05, 0) is 49.4 Å². The van der Waals surface area contributed by atoms with Gasteiger partial charge in [-0.2, -0.15) is 13.2 Å². The summed E-state index contributed by atoms with van der Waals surface area (Å²) in [5.41, 5.74) is -2.39. The summed E-state index contributed by atoms with van der Waals surface area (Å²) in [5, 5.41) is 0.283. The number of aryl methyl sites for hydroxylation is 2. The zero-order valence-electron chi connectivity index (χ0n) is 24.0. The quantitative estimate of drug-likeness (QED) is 0.128. The Morgan fingerprint density at radius 3 is 2.27 bits per heavy atom. The Morgan fingerprint density at radius 2 is 1.59 bits per heavy atom. The number of carbonyl (C=O) groups is 1. The van der Waals surface area contributed by atoms with Gasteiger partial charge in [0.1, 0.15) is 0 Å². The summed E-state index contributed by atoms with van der Waals surface area (Å²) >= 11 is 0. The van der Waals surface area contributed by atoms with Crippen molar-refractivity contribution in [2.24, 2.45) is 0 Å². The van der Waals surface area contributed by atoms with E-state index in [-0.39, 0.29) is 28.1 Å². The standard InChI is InChI=1S/C32H40F3NO5/c1-3-5-11-14-23-15-16-25(27(21-23)32(33,34)35)26-22-24-17-19-36(30(38)29(24)41-31(26)39)18-12-9-7-6-8-10-13-20-40-28(37)4-2/h15-17,19,21-22H,3-14,18,20H2,1-2H3. The predicted octanol–water partition coefficient (Wildman–Crippen LogP) is 8.06. The third-order valence-electron chi connectivity index (χ3n) is 7.21. The van der Waals surface area contributed by atoms with Gasteiger partial charge in [-0.1, -0.05) is 70.9 Å². The third kappa shape index (κ3) is 9.33. The number of unbranched alkanes of at least 4 members (excludes halogenated alkanes) is 8. The van der Waals surface area contributed by atoms with E-state index in [9.17, 15) is 27.6 Å². The van der Waals surface area contributed by atoms with Crippen LogP contribution in [0.3, 0.4) is 0 Å². The molecule has 0 radical (unpaired) electrons. The van der Waals surface area contributed by atoms with Gasteiger partial charge in [-0.15, -0.1) is 0 Å². The summed E-state index contributed by atoms with van der Waals surface area (Å²) in [6.45, 7) is 4.71. The molecule has 0 aliphatic rings. The number of hydrogen-bond acceptors (Lipinski definition) is 5. The van der Waals surface area contributed by atoms with Gasteiger partial charge in [0.25, 0.3) is 5.56 Å². The number of carbonyl (C=O) groups excluding carboxylic acids is 1. The molecule has 0 spiro atoms. The van der Waals surface area contributed by atoms with Gasteiger partial charge in [0, 0.05) is 30.1 Å². The molecule has 0 amide bonds.